The van der Waals surface area contributed by atoms with E-state index in [0.29, 0.717) is 13.0 Å². The fourth-order valence-electron chi connectivity index (χ4n) is 2.67. The molecule has 0 saturated carbocycles. The molecule has 1 aliphatic rings. The molecule has 0 aromatic heterocycles. The number of likely N-dealkylation sites (tertiary alicyclic amines) is 1. The number of nitrogens with one attached hydrogen (secondary N) is 1. The van der Waals surface area contributed by atoms with Gasteiger partial charge in [-0.25, -0.2) is 0 Å². The van der Waals surface area contributed by atoms with Gasteiger partial charge in [0.15, 0.2) is 0 Å². The molecule has 21 heavy (non-hydrogen) atoms. The lowest BCUT2D eigenvalue weighted by Crippen LogP contribution is -2.34. The van der Waals surface area contributed by atoms with Gasteiger partial charge in [-0.05, 0) is 18.9 Å². The van der Waals surface area contributed by atoms with E-state index in [0.717, 1.165) is 24.9 Å². The zero-order valence-corrected chi connectivity index (χ0v) is 12.8. The third kappa shape index (κ3) is 4.06. The van der Waals surface area contributed by atoms with Crippen molar-refractivity contribution < 1.29 is 9.59 Å². The van der Waals surface area contributed by atoms with Crippen LogP contribution in [0.2, 0.25) is 0 Å². The van der Waals surface area contributed by atoms with Crippen LogP contribution in [-0.2, 0) is 9.59 Å². The molecule has 1 aliphatic heterocycles. The number of carbonyl (C=O) groups is 2. The molecule has 0 radical (unpaired) electrons. The summed E-state index contributed by atoms with van der Waals surface area (Å²) in [5.74, 6) is -0.116. The van der Waals surface area contributed by atoms with E-state index in [-0.39, 0.29) is 23.8 Å². The number of benzene rings is 1. The molecular formula is C17H24N2O2. The van der Waals surface area contributed by atoms with Crippen LogP contribution < -0.4 is 5.32 Å². The number of amides is 2. The molecule has 1 N–H and O–H groups in total. The minimum Gasteiger partial charge on any atom is -0.349 e. The highest BCUT2D eigenvalue weighted by Crippen LogP contribution is 2.20. The fourth-order valence-corrected chi connectivity index (χ4v) is 2.67. The standard InChI is InChI=1S/C17H24N2O2/c1-3-4-10-19-12-15(11-16(19)20)17(21)18-13(2)14-8-6-5-7-9-14/h5-9,13,15H,3-4,10-12H2,1-2H3,(H,18,21)/t13-,15+/m0/s1. The second-order valence-electron chi connectivity index (χ2n) is 5.74. The SMILES string of the molecule is CCCCN1C[C@H](C(=O)N[C@@H](C)c2ccccc2)CC1=O. The topological polar surface area (TPSA) is 49.4 Å². The first kappa shape index (κ1) is 15.5. The lowest BCUT2D eigenvalue weighted by Gasteiger charge is -2.18. The Hall–Kier alpha value is -1.84. The molecular weight excluding hydrogens is 264 g/mol. The average molecular weight is 288 g/mol. The minimum absolute atomic E-state index is 0.0151. The van der Waals surface area contributed by atoms with Gasteiger partial charge in [-0.3, -0.25) is 9.59 Å². The van der Waals surface area contributed by atoms with Crippen molar-refractivity contribution in [1.82, 2.24) is 10.2 Å². The number of nitrogens with zero attached hydrogens (tertiary/aromatic N) is 1. The molecule has 0 aliphatic carbocycles. The van der Waals surface area contributed by atoms with Crippen molar-refractivity contribution in [3.63, 3.8) is 0 Å². The monoisotopic (exact) mass is 288 g/mol. The molecule has 2 rings (SSSR count). The molecule has 2 atom stereocenters. The summed E-state index contributed by atoms with van der Waals surface area (Å²) >= 11 is 0. The molecule has 1 aromatic rings. The van der Waals surface area contributed by atoms with Crippen molar-refractivity contribution in [3.8, 4) is 0 Å². The minimum atomic E-state index is -0.208. The molecule has 0 spiro atoms. The van der Waals surface area contributed by atoms with Crippen LogP contribution in [0.5, 0.6) is 0 Å². The van der Waals surface area contributed by atoms with Crippen LogP contribution in [0, 0.1) is 5.92 Å². The molecule has 1 saturated heterocycles. The van der Waals surface area contributed by atoms with Crippen LogP contribution in [0.3, 0.4) is 0 Å². The molecule has 0 bridgehead atoms. The van der Waals surface area contributed by atoms with Crippen LogP contribution in [0.25, 0.3) is 0 Å². The van der Waals surface area contributed by atoms with Crippen molar-refractivity contribution in [3.05, 3.63) is 35.9 Å². The van der Waals surface area contributed by atoms with E-state index < -0.39 is 0 Å². The van der Waals surface area contributed by atoms with Gasteiger partial charge in [0, 0.05) is 19.5 Å². The maximum Gasteiger partial charge on any atom is 0.225 e. The van der Waals surface area contributed by atoms with Gasteiger partial charge < -0.3 is 10.2 Å². The van der Waals surface area contributed by atoms with Gasteiger partial charge in [0.2, 0.25) is 11.8 Å². The van der Waals surface area contributed by atoms with Crippen LogP contribution in [0.4, 0.5) is 0 Å². The van der Waals surface area contributed by atoms with Crippen molar-refractivity contribution >= 4 is 11.8 Å². The van der Waals surface area contributed by atoms with Crippen LogP contribution >= 0.6 is 0 Å². The molecule has 4 nitrogen and oxygen atoms in total. The predicted molar refractivity (Wildman–Crippen MR) is 82.6 cm³/mol. The summed E-state index contributed by atoms with van der Waals surface area (Å²) in [7, 11) is 0. The van der Waals surface area contributed by atoms with E-state index >= 15 is 0 Å². The number of hydrogen-bond acceptors (Lipinski definition) is 2. The largest absolute Gasteiger partial charge is 0.349 e. The van der Waals surface area contributed by atoms with Crippen LogP contribution in [0.1, 0.15) is 44.7 Å². The molecule has 1 aromatic carbocycles. The van der Waals surface area contributed by atoms with E-state index in [9.17, 15) is 9.59 Å². The van der Waals surface area contributed by atoms with E-state index in [4.69, 9.17) is 0 Å². The third-order valence-corrected chi connectivity index (χ3v) is 4.03. The highest BCUT2D eigenvalue weighted by molar-refractivity contribution is 5.89. The number of carbonyl (C=O) groups excluding carboxylic acids is 2. The summed E-state index contributed by atoms with van der Waals surface area (Å²) in [6.07, 6.45) is 2.41. The lowest BCUT2D eigenvalue weighted by atomic mass is 10.1. The van der Waals surface area contributed by atoms with Crippen molar-refractivity contribution in [2.45, 2.75) is 39.2 Å². The van der Waals surface area contributed by atoms with E-state index in [2.05, 4.69) is 12.2 Å². The van der Waals surface area contributed by atoms with Crippen molar-refractivity contribution in [1.29, 1.82) is 0 Å². The Morgan fingerprint density at radius 2 is 2.10 bits per heavy atom. The van der Waals surface area contributed by atoms with Gasteiger partial charge in [-0.15, -0.1) is 0 Å². The summed E-state index contributed by atoms with van der Waals surface area (Å²) in [5, 5.41) is 3.02. The van der Waals surface area contributed by atoms with E-state index in [1.807, 2.05) is 42.2 Å². The summed E-state index contributed by atoms with van der Waals surface area (Å²) in [6.45, 7) is 5.41. The summed E-state index contributed by atoms with van der Waals surface area (Å²) in [6, 6.07) is 9.85. The summed E-state index contributed by atoms with van der Waals surface area (Å²) < 4.78 is 0. The summed E-state index contributed by atoms with van der Waals surface area (Å²) in [4.78, 5) is 26.0. The molecule has 114 valence electrons. The van der Waals surface area contributed by atoms with Gasteiger partial charge in [-0.1, -0.05) is 43.7 Å². The first-order valence-electron chi connectivity index (χ1n) is 7.75. The number of hydrogen-bond donors (Lipinski definition) is 1. The third-order valence-electron chi connectivity index (χ3n) is 4.03. The maximum absolute atomic E-state index is 12.3. The van der Waals surface area contributed by atoms with E-state index in [1.165, 1.54) is 0 Å². The molecule has 2 amide bonds. The fraction of sp³-hybridized carbons (Fsp3) is 0.529. The Labute approximate surface area is 126 Å². The number of unbranched alkanes of at least 4 members (excludes halogenated alkanes) is 1. The highest BCUT2D eigenvalue weighted by Gasteiger charge is 2.34. The molecule has 4 heteroatoms. The number of rotatable bonds is 6. The Bertz CT molecular complexity index is 487. The summed E-state index contributed by atoms with van der Waals surface area (Å²) in [5.41, 5.74) is 1.08. The Balaban J connectivity index is 1.88. The molecule has 1 heterocycles. The highest BCUT2D eigenvalue weighted by atomic mass is 16.2. The second-order valence-corrected chi connectivity index (χ2v) is 5.74. The van der Waals surface area contributed by atoms with Crippen LogP contribution in [0.15, 0.2) is 30.3 Å². The smallest absolute Gasteiger partial charge is 0.225 e. The zero-order valence-electron chi connectivity index (χ0n) is 12.8. The molecule has 1 fully saturated rings. The first-order chi connectivity index (χ1) is 10.1. The Morgan fingerprint density at radius 3 is 2.76 bits per heavy atom. The lowest BCUT2D eigenvalue weighted by molar-refractivity contribution is -0.129. The van der Waals surface area contributed by atoms with Crippen LogP contribution in [-0.4, -0.2) is 29.8 Å². The van der Waals surface area contributed by atoms with Crippen molar-refractivity contribution in [2.75, 3.05) is 13.1 Å². The zero-order chi connectivity index (χ0) is 15.2. The first-order valence-corrected chi connectivity index (χ1v) is 7.75. The predicted octanol–water partition coefficient (Wildman–Crippen LogP) is 2.51. The van der Waals surface area contributed by atoms with Gasteiger partial charge >= 0.3 is 0 Å². The van der Waals surface area contributed by atoms with Gasteiger partial charge in [0.1, 0.15) is 0 Å². The Kier molecular flexibility index (Phi) is 5.37. The normalized spacial score (nSPS) is 19.6. The average Bonchev–Trinajstić information content (AvgIpc) is 2.87. The van der Waals surface area contributed by atoms with E-state index in [1.54, 1.807) is 0 Å². The quantitative estimate of drug-likeness (QED) is 0.874. The molecule has 0 unspecified atom stereocenters. The van der Waals surface area contributed by atoms with Gasteiger partial charge in [0.25, 0.3) is 0 Å². The van der Waals surface area contributed by atoms with Crippen molar-refractivity contribution in [2.24, 2.45) is 5.92 Å². The van der Waals surface area contributed by atoms with Gasteiger partial charge in [0.05, 0.1) is 12.0 Å². The Morgan fingerprint density at radius 1 is 1.38 bits per heavy atom. The van der Waals surface area contributed by atoms with Gasteiger partial charge in [-0.2, -0.15) is 0 Å². The maximum atomic E-state index is 12.3. The second kappa shape index (κ2) is 7.25.